The van der Waals surface area contributed by atoms with Gasteiger partial charge in [-0.25, -0.2) is 13.4 Å². The van der Waals surface area contributed by atoms with Gasteiger partial charge in [0.15, 0.2) is 9.84 Å². The number of pyridine rings is 1. The number of nitrogens with zero attached hydrogens (tertiary/aromatic N) is 2. The number of para-hydroxylation sites is 1. The standard InChI is InChI=1S/C19H18N2O3S2/c1-21(13-8-10-26(23,24)12-13)19(22)15-11-17(18-7-4-9-25-18)20-16-6-3-2-5-14(15)16/h2-7,9,11,13H,8,10,12H2,1H3/t13-/m0/s1. The van der Waals surface area contributed by atoms with E-state index in [0.717, 1.165) is 21.5 Å². The minimum absolute atomic E-state index is 0.0377. The highest BCUT2D eigenvalue weighted by molar-refractivity contribution is 7.91. The summed E-state index contributed by atoms with van der Waals surface area (Å²) in [4.78, 5) is 20.4. The van der Waals surface area contributed by atoms with Gasteiger partial charge < -0.3 is 4.90 Å². The molecule has 4 rings (SSSR count). The molecule has 0 spiro atoms. The third-order valence-electron chi connectivity index (χ3n) is 4.80. The van der Waals surface area contributed by atoms with Crippen LogP contribution in [0.15, 0.2) is 47.8 Å². The highest BCUT2D eigenvalue weighted by Gasteiger charge is 2.33. The van der Waals surface area contributed by atoms with E-state index < -0.39 is 9.84 Å². The molecule has 1 amide bonds. The van der Waals surface area contributed by atoms with Crippen LogP contribution in [0.5, 0.6) is 0 Å². The van der Waals surface area contributed by atoms with Crippen molar-refractivity contribution in [2.45, 2.75) is 12.5 Å². The van der Waals surface area contributed by atoms with Crippen LogP contribution in [0.4, 0.5) is 0 Å². The lowest BCUT2D eigenvalue weighted by atomic mass is 10.0. The molecule has 26 heavy (non-hydrogen) atoms. The molecule has 3 heterocycles. The zero-order chi connectivity index (χ0) is 18.3. The van der Waals surface area contributed by atoms with Gasteiger partial charge in [-0.05, 0) is 30.0 Å². The van der Waals surface area contributed by atoms with E-state index in [-0.39, 0.29) is 23.5 Å². The van der Waals surface area contributed by atoms with Gasteiger partial charge in [0.05, 0.1) is 33.2 Å². The van der Waals surface area contributed by atoms with Crippen LogP contribution in [0, 0.1) is 0 Å². The van der Waals surface area contributed by atoms with Crippen LogP contribution in [-0.4, -0.2) is 48.8 Å². The Labute approximate surface area is 156 Å². The number of sulfone groups is 1. The van der Waals surface area contributed by atoms with E-state index in [4.69, 9.17) is 0 Å². The van der Waals surface area contributed by atoms with Gasteiger partial charge in [0.2, 0.25) is 0 Å². The van der Waals surface area contributed by atoms with Crippen molar-refractivity contribution in [2.75, 3.05) is 18.6 Å². The second kappa shape index (κ2) is 6.48. The van der Waals surface area contributed by atoms with E-state index in [0.29, 0.717) is 12.0 Å². The maximum absolute atomic E-state index is 13.2. The summed E-state index contributed by atoms with van der Waals surface area (Å²) in [5.74, 6) is 0.0200. The SMILES string of the molecule is CN(C(=O)c1cc(-c2cccs2)nc2ccccc12)[C@H]1CCS(=O)(=O)C1. The molecular weight excluding hydrogens is 368 g/mol. The third kappa shape index (κ3) is 3.12. The zero-order valence-electron chi connectivity index (χ0n) is 14.3. The summed E-state index contributed by atoms with van der Waals surface area (Å²) >= 11 is 1.57. The lowest BCUT2D eigenvalue weighted by Crippen LogP contribution is -2.38. The fourth-order valence-corrected chi connectivity index (χ4v) is 5.80. The monoisotopic (exact) mass is 386 g/mol. The smallest absolute Gasteiger partial charge is 0.254 e. The average Bonchev–Trinajstić information content (AvgIpc) is 3.29. The number of benzene rings is 1. The summed E-state index contributed by atoms with van der Waals surface area (Å²) in [6.45, 7) is 0. The van der Waals surface area contributed by atoms with Crippen LogP contribution >= 0.6 is 11.3 Å². The first-order valence-corrected chi connectivity index (χ1v) is 11.1. The quantitative estimate of drug-likeness (QED) is 0.693. The number of fused-ring (bicyclic) bond motifs is 1. The summed E-state index contributed by atoms with van der Waals surface area (Å²) in [6, 6.07) is 13.0. The number of aromatic nitrogens is 1. The molecule has 3 aromatic rings. The van der Waals surface area contributed by atoms with Crippen LogP contribution in [0.3, 0.4) is 0 Å². The Morgan fingerprint density at radius 2 is 2.04 bits per heavy atom. The third-order valence-corrected chi connectivity index (χ3v) is 7.44. The molecule has 1 aliphatic rings. The number of thiophene rings is 1. The number of rotatable bonds is 3. The van der Waals surface area contributed by atoms with Gasteiger partial charge in [-0.1, -0.05) is 24.3 Å². The Bertz CT molecular complexity index is 1080. The minimum atomic E-state index is -3.05. The Balaban J connectivity index is 1.78. The molecule has 0 saturated carbocycles. The molecule has 0 aliphatic carbocycles. The van der Waals surface area contributed by atoms with Gasteiger partial charge in [-0.15, -0.1) is 11.3 Å². The van der Waals surface area contributed by atoms with E-state index in [1.54, 1.807) is 23.3 Å². The number of carbonyl (C=O) groups excluding carboxylic acids is 1. The van der Waals surface area contributed by atoms with Gasteiger partial charge in [0, 0.05) is 18.5 Å². The van der Waals surface area contributed by atoms with Crippen molar-refractivity contribution in [1.29, 1.82) is 0 Å². The molecule has 1 aliphatic heterocycles. The molecule has 1 saturated heterocycles. The van der Waals surface area contributed by atoms with Crippen LogP contribution in [-0.2, 0) is 9.84 Å². The van der Waals surface area contributed by atoms with Crippen molar-refractivity contribution in [3.63, 3.8) is 0 Å². The van der Waals surface area contributed by atoms with Gasteiger partial charge >= 0.3 is 0 Å². The van der Waals surface area contributed by atoms with Crippen LogP contribution in [0.2, 0.25) is 0 Å². The summed E-state index contributed by atoms with van der Waals surface area (Å²) in [5, 5.41) is 2.76. The Kier molecular flexibility index (Phi) is 4.28. The van der Waals surface area contributed by atoms with Crippen LogP contribution in [0.25, 0.3) is 21.5 Å². The summed E-state index contributed by atoms with van der Waals surface area (Å²) in [5.41, 5.74) is 2.08. The topological polar surface area (TPSA) is 67.3 Å². The van der Waals surface area contributed by atoms with Crippen molar-refractivity contribution < 1.29 is 13.2 Å². The average molecular weight is 386 g/mol. The first-order chi connectivity index (χ1) is 12.4. The van der Waals surface area contributed by atoms with Crippen molar-refractivity contribution in [2.24, 2.45) is 0 Å². The number of hydrogen-bond donors (Lipinski definition) is 0. The van der Waals surface area contributed by atoms with Gasteiger partial charge in [0.1, 0.15) is 0 Å². The van der Waals surface area contributed by atoms with Crippen LogP contribution in [0.1, 0.15) is 16.8 Å². The Morgan fingerprint density at radius 1 is 1.23 bits per heavy atom. The molecule has 5 nitrogen and oxygen atoms in total. The fourth-order valence-electron chi connectivity index (χ4n) is 3.34. The van der Waals surface area contributed by atoms with E-state index in [9.17, 15) is 13.2 Å². The number of carbonyl (C=O) groups is 1. The molecule has 1 fully saturated rings. The predicted octanol–water partition coefficient (Wildman–Crippen LogP) is 3.22. The molecule has 7 heteroatoms. The molecule has 0 radical (unpaired) electrons. The molecule has 0 N–H and O–H groups in total. The normalized spacial score (nSPS) is 18.9. The van der Waals surface area contributed by atoms with E-state index >= 15 is 0 Å². The van der Waals surface area contributed by atoms with E-state index in [1.165, 1.54) is 0 Å². The van der Waals surface area contributed by atoms with Gasteiger partial charge in [-0.2, -0.15) is 0 Å². The van der Waals surface area contributed by atoms with Crippen molar-refractivity contribution in [3.05, 3.63) is 53.4 Å². The largest absolute Gasteiger partial charge is 0.338 e. The zero-order valence-corrected chi connectivity index (χ0v) is 15.9. The first kappa shape index (κ1) is 17.2. The fraction of sp³-hybridized carbons (Fsp3) is 0.263. The lowest BCUT2D eigenvalue weighted by molar-refractivity contribution is 0.0749. The molecule has 2 aromatic heterocycles. The molecule has 0 unspecified atom stereocenters. The Hall–Kier alpha value is -2.25. The minimum Gasteiger partial charge on any atom is -0.338 e. The van der Waals surface area contributed by atoms with Crippen molar-refractivity contribution in [3.8, 4) is 10.6 Å². The maximum atomic E-state index is 13.2. The highest BCUT2D eigenvalue weighted by Crippen LogP contribution is 2.29. The summed E-state index contributed by atoms with van der Waals surface area (Å²) < 4.78 is 23.6. The van der Waals surface area contributed by atoms with Crippen LogP contribution < -0.4 is 0 Å². The second-order valence-electron chi connectivity index (χ2n) is 6.52. The highest BCUT2D eigenvalue weighted by atomic mass is 32.2. The van der Waals surface area contributed by atoms with Gasteiger partial charge in [-0.3, -0.25) is 4.79 Å². The van der Waals surface area contributed by atoms with Crippen molar-refractivity contribution >= 4 is 38.0 Å². The maximum Gasteiger partial charge on any atom is 0.254 e. The molecule has 1 atom stereocenters. The second-order valence-corrected chi connectivity index (χ2v) is 9.70. The summed E-state index contributed by atoms with van der Waals surface area (Å²) in [6.07, 6.45) is 0.491. The molecule has 134 valence electrons. The lowest BCUT2D eigenvalue weighted by Gasteiger charge is -2.24. The summed E-state index contributed by atoms with van der Waals surface area (Å²) in [7, 11) is -1.36. The van der Waals surface area contributed by atoms with Crippen molar-refractivity contribution in [1.82, 2.24) is 9.88 Å². The first-order valence-electron chi connectivity index (χ1n) is 8.36. The predicted molar refractivity (Wildman–Crippen MR) is 104 cm³/mol. The van der Waals surface area contributed by atoms with E-state index in [1.807, 2.05) is 47.8 Å². The molecule has 1 aromatic carbocycles. The number of hydrogen-bond acceptors (Lipinski definition) is 5. The molecule has 0 bridgehead atoms. The Morgan fingerprint density at radius 3 is 2.73 bits per heavy atom. The van der Waals surface area contributed by atoms with E-state index in [2.05, 4.69) is 4.98 Å². The van der Waals surface area contributed by atoms with Gasteiger partial charge in [0.25, 0.3) is 5.91 Å². The molecular formula is C19H18N2O3S2. The number of amides is 1.